The molecule has 7 heteroatoms. The third kappa shape index (κ3) is 3.66. The van der Waals surface area contributed by atoms with Crippen molar-refractivity contribution in [2.24, 2.45) is 0 Å². The maximum atomic E-state index is 13.6. The fraction of sp³-hybridized carbons (Fsp3) is 0.400. The first-order valence-electron chi connectivity index (χ1n) is 6.98. The van der Waals surface area contributed by atoms with Crippen LogP contribution >= 0.6 is 0 Å². The Morgan fingerprint density at radius 2 is 1.73 bits per heavy atom. The van der Waals surface area contributed by atoms with Gasteiger partial charge in [-0.25, -0.2) is 8.78 Å². The molecule has 1 aromatic carbocycles. The van der Waals surface area contributed by atoms with Gasteiger partial charge in [0.2, 0.25) is 11.9 Å². The van der Waals surface area contributed by atoms with Crippen LogP contribution in [-0.4, -0.2) is 29.0 Å². The van der Waals surface area contributed by atoms with E-state index in [-0.39, 0.29) is 18.0 Å². The van der Waals surface area contributed by atoms with E-state index in [9.17, 15) is 8.78 Å². The quantitative estimate of drug-likeness (QED) is 0.920. The van der Waals surface area contributed by atoms with Crippen LogP contribution in [0.15, 0.2) is 18.2 Å². The van der Waals surface area contributed by atoms with Crippen LogP contribution in [0.2, 0.25) is 0 Å². The summed E-state index contributed by atoms with van der Waals surface area (Å²) in [5.74, 6) is 0.333. The minimum atomic E-state index is -0.599. The standard InChI is InChI=1S/C15H19F2N5/c1-9(2)13-19-14(21-15(20-13)22(3)4)18-8-10-11(16)6-5-7-12(10)17/h5-7,9H,8H2,1-4H3,(H,18,19,20,21). The lowest BCUT2D eigenvalue weighted by Gasteiger charge is -2.15. The summed E-state index contributed by atoms with van der Waals surface area (Å²) in [7, 11) is 3.64. The van der Waals surface area contributed by atoms with Gasteiger partial charge in [0.05, 0.1) is 0 Å². The molecular formula is C15H19F2N5. The van der Waals surface area contributed by atoms with Crippen molar-refractivity contribution in [3.63, 3.8) is 0 Å². The monoisotopic (exact) mass is 307 g/mol. The topological polar surface area (TPSA) is 53.9 Å². The number of nitrogens with one attached hydrogen (secondary N) is 1. The van der Waals surface area contributed by atoms with Gasteiger partial charge in [-0.15, -0.1) is 0 Å². The van der Waals surface area contributed by atoms with Gasteiger partial charge in [-0.1, -0.05) is 19.9 Å². The third-order valence-electron chi connectivity index (χ3n) is 3.04. The third-order valence-corrected chi connectivity index (χ3v) is 3.04. The van der Waals surface area contributed by atoms with Crippen LogP contribution in [0.1, 0.15) is 31.2 Å². The molecule has 0 fully saturated rings. The molecule has 5 nitrogen and oxygen atoms in total. The van der Waals surface area contributed by atoms with E-state index in [0.29, 0.717) is 17.7 Å². The van der Waals surface area contributed by atoms with Gasteiger partial charge in [0.15, 0.2) is 0 Å². The van der Waals surface area contributed by atoms with Gasteiger partial charge in [-0.2, -0.15) is 15.0 Å². The van der Waals surface area contributed by atoms with Gasteiger partial charge >= 0.3 is 0 Å². The molecule has 1 N–H and O–H groups in total. The van der Waals surface area contributed by atoms with E-state index in [1.807, 2.05) is 27.9 Å². The first-order valence-corrected chi connectivity index (χ1v) is 6.98. The Kier molecular flexibility index (Phi) is 4.85. The molecule has 22 heavy (non-hydrogen) atoms. The van der Waals surface area contributed by atoms with E-state index in [1.165, 1.54) is 18.2 Å². The lowest BCUT2D eigenvalue weighted by Crippen LogP contribution is -2.17. The van der Waals surface area contributed by atoms with E-state index in [4.69, 9.17) is 0 Å². The van der Waals surface area contributed by atoms with Crippen molar-refractivity contribution >= 4 is 11.9 Å². The smallest absolute Gasteiger partial charge is 0.229 e. The van der Waals surface area contributed by atoms with Gasteiger partial charge < -0.3 is 10.2 Å². The van der Waals surface area contributed by atoms with Crippen molar-refractivity contribution in [2.75, 3.05) is 24.3 Å². The van der Waals surface area contributed by atoms with Crippen molar-refractivity contribution in [2.45, 2.75) is 26.3 Å². The van der Waals surface area contributed by atoms with Crippen molar-refractivity contribution in [3.8, 4) is 0 Å². The molecule has 2 rings (SSSR count). The predicted molar refractivity (Wildman–Crippen MR) is 81.9 cm³/mol. The zero-order valence-electron chi connectivity index (χ0n) is 13.1. The highest BCUT2D eigenvalue weighted by Crippen LogP contribution is 2.17. The highest BCUT2D eigenvalue weighted by atomic mass is 19.1. The summed E-state index contributed by atoms with van der Waals surface area (Å²) in [5.41, 5.74) is -0.0413. The lowest BCUT2D eigenvalue weighted by atomic mass is 10.2. The zero-order chi connectivity index (χ0) is 16.3. The second kappa shape index (κ2) is 6.64. The zero-order valence-corrected chi connectivity index (χ0v) is 13.1. The lowest BCUT2D eigenvalue weighted by molar-refractivity contribution is 0.559. The minimum absolute atomic E-state index is 0.0348. The van der Waals surface area contributed by atoms with E-state index < -0.39 is 11.6 Å². The fourth-order valence-corrected chi connectivity index (χ4v) is 1.79. The van der Waals surface area contributed by atoms with Gasteiger partial charge in [-0.3, -0.25) is 0 Å². The SMILES string of the molecule is CC(C)c1nc(NCc2c(F)cccc2F)nc(N(C)C)n1. The molecule has 2 aromatic rings. The predicted octanol–water partition coefficient (Wildman–Crippen LogP) is 2.95. The number of halogens is 2. The summed E-state index contributed by atoms with van der Waals surface area (Å²) < 4.78 is 27.3. The van der Waals surface area contributed by atoms with Crippen molar-refractivity contribution < 1.29 is 8.78 Å². The molecule has 0 radical (unpaired) electrons. The number of hydrogen-bond donors (Lipinski definition) is 1. The van der Waals surface area contributed by atoms with Crippen molar-refractivity contribution in [1.82, 2.24) is 15.0 Å². The Morgan fingerprint density at radius 3 is 2.27 bits per heavy atom. The number of hydrogen-bond acceptors (Lipinski definition) is 5. The Morgan fingerprint density at radius 1 is 1.09 bits per heavy atom. The number of anilines is 2. The van der Waals surface area contributed by atoms with Gasteiger partial charge in [-0.05, 0) is 12.1 Å². The minimum Gasteiger partial charge on any atom is -0.350 e. The second-order valence-corrected chi connectivity index (χ2v) is 5.42. The van der Waals surface area contributed by atoms with Crippen LogP contribution in [-0.2, 0) is 6.54 Å². The van der Waals surface area contributed by atoms with Crippen LogP contribution in [0.5, 0.6) is 0 Å². The largest absolute Gasteiger partial charge is 0.350 e. The fourth-order valence-electron chi connectivity index (χ4n) is 1.79. The van der Waals surface area contributed by atoms with Gasteiger partial charge in [0.25, 0.3) is 0 Å². The molecule has 0 saturated heterocycles. The Balaban J connectivity index is 2.25. The van der Waals surface area contributed by atoms with E-state index in [2.05, 4.69) is 20.3 Å². The highest BCUT2D eigenvalue weighted by Gasteiger charge is 2.13. The maximum absolute atomic E-state index is 13.6. The molecule has 0 atom stereocenters. The summed E-state index contributed by atoms with van der Waals surface area (Å²) in [6.07, 6.45) is 0. The molecule has 0 bridgehead atoms. The van der Waals surface area contributed by atoms with Crippen LogP contribution in [0.3, 0.4) is 0 Å². The molecule has 1 aromatic heterocycles. The highest BCUT2D eigenvalue weighted by molar-refractivity contribution is 5.37. The van der Waals surface area contributed by atoms with E-state index in [0.717, 1.165) is 0 Å². The average Bonchev–Trinajstić information content (AvgIpc) is 2.46. The molecule has 0 aliphatic carbocycles. The van der Waals surface area contributed by atoms with Gasteiger partial charge in [0.1, 0.15) is 17.5 Å². The maximum Gasteiger partial charge on any atom is 0.229 e. The molecule has 1 heterocycles. The molecule has 0 spiro atoms. The molecular weight excluding hydrogens is 288 g/mol. The first kappa shape index (κ1) is 16.1. The molecule has 0 amide bonds. The Hall–Kier alpha value is -2.31. The number of nitrogens with zero attached hydrogens (tertiary/aromatic N) is 4. The van der Waals surface area contributed by atoms with Gasteiger partial charge in [0, 0.05) is 32.1 Å². The average molecular weight is 307 g/mol. The molecule has 0 aliphatic rings. The van der Waals surface area contributed by atoms with E-state index in [1.54, 1.807) is 4.90 Å². The van der Waals surface area contributed by atoms with Crippen LogP contribution in [0, 0.1) is 11.6 Å². The number of rotatable bonds is 5. The summed E-state index contributed by atoms with van der Waals surface area (Å²) in [5, 5.41) is 2.86. The number of benzene rings is 1. The summed E-state index contributed by atoms with van der Waals surface area (Å²) >= 11 is 0. The number of aromatic nitrogens is 3. The van der Waals surface area contributed by atoms with Crippen LogP contribution in [0.25, 0.3) is 0 Å². The van der Waals surface area contributed by atoms with Crippen LogP contribution < -0.4 is 10.2 Å². The second-order valence-electron chi connectivity index (χ2n) is 5.42. The van der Waals surface area contributed by atoms with E-state index >= 15 is 0 Å². The normalized spacial score (nSPS) is 10.9. The van der Waals surface area contributed by atoms with Crippen molar-refractivity contribution in [3.05, 3.63) is 41.2 Å². The van der Waals surface area contributed by atoms with Crippen molar-refractivity contribution in [1.29, 1.82) is 0 Å². The molecule has 0 aliphatic heterocycles. The molecule has 118 valence electrons. The molecule has 0 saturated carbocycles. The molecule has 0 unspecified atom stereocenters. The van der Waals surface area contributed by atoms with Crippen LogP contribution in [0.4, 0.5) is 20.7 Å². The first-order chi connectivity index (χ1) is 10.4. The Labute approximate surface area is 128 Å². The summed E-state index contributed by atoms with van der Waals surface area (Å²) in [4.78, 5) is 14.6. The summed E-state index contributed by atoms with van der Waals surface area (Å²) in [6, 6.07) is 3.77. The summed E-state index contributed by atoms with van der Waals surface area (Å²) in [6.45, 7) is 3.90. The Bertz CT molecular complexity index is 612.